The molecule has 0 saturated heterocycles. The van der Waals surface area contributed by atoms with E-state index in [2.05, 4.69) is 27.2 Å². The maximum atomic E-state index is 12.2. The number of rotatable bonds is 3. The Morgan fingerprint density at radius 1 is 1.60 bits per heavy atom. The summed E-state index contributed by atoms with van der Waals surface area (Å²) in [5.74, 6) is 0.346. The van der Waals surface area contributed by atoms with Gasteiger partial charge < -0.3 is 9.32 Å². The largest absolute Gasteiger partial charge is 0.448 e. The zero-order valence-corrected chi connectivity index (χ0v) is 12.3. The minimum absolute atomic E-state index is 0.255. The van der Waals surface area contributed by atoms with Crippen LogP contribution >= 0.6 is 11.3 Å². The molecule has 0 unspecified atom stereocenters. The van der Waals surface area contributed by atoms with E-state index in [1.54, 1.807) is 0 Å². The van der Waals surface area contributed by atoms with Crippen LogP contribution in [0.1, 0.15) is 33.7 Å². The molecule has 0 bridgehead atoms. The first-order valence-corrected chi connectivity index (χ1v) is 7.40. The lowest BCUT2D eigenvalue weighted by molar-refractivity contribution is 0.102. The number of aromatic nitrogens is 2. The highest BCUT2D eigenvalue weighted by Crippen LogP contribution is 2.28. The Morgan fingerprint density at radius 3 is 3.25 bits per heavy atom. The van der Waals surface area contributed by atoms with Crippen molar-refractivity contribution >= 4 is 22.4 Å². The number of likely N-dealkylation sites (N-methyl/N-ethyl adjacent to an activating group) is 1. The van der Waals surface area contributed by atoms with Gasteiger partial charge in [-0.25, -0.2) is 9.97 Å². The molecule has 3 heterocycles. The Hall–Kier alpha value is -1.73. The minimum Gasteiger partial charge on any atom is -0.448 e. The number of amides is 1. The highest BCUT2D eigenvalue weighted by atomic mass is 32.1. The summed E-state index contributed by atoms with van der Waals surface area (Å²) in [6, 6.07) is 0. The summed E-state index contributed by atoms with van der Waals surface area (Å²) in [6.45, 7) is 3.83. The molecule has 2 aromatic heterocycles. The SMILES string of the molecule is CCc1ocnc1C(=O)Nc1nc2c(s1)CN(C)CC2. The number of carbonyl (C=O) groups excluding carboxylic acids is 1. The lowest BCUT2D eigenvalue weighted by Crippen LogP contribution is -2.25. The molecule has 0 aromatic carbocycles. The summed E-state index contributed by atoms with van der Waals surface area (Å²) < 4.78 is 5.17. The fourth-order valence-corrected chi connectivity index (χ4v) is 3.32. The van der Waals surface area contributed by atoms with Gasteiger partial charge in [-0.1, -0.05) is 6.92 Å². The molecule has 1 amide bonds. The lowest BCUT2D eigenvalue weighted by Gasteiger charge is -2.20. The predicted molar refractivity (Wildman–Crippen MR) is 76.0 cm³/mol. The van der Waals surface area contributed by atoms with Crippen LogP contribution in [0.2, 0.25) is 0 Å². The second-order valence-corrected chi connectivity index (χ2v) is 5.89. The summed E-state index contributed by atoms with van der Waals surface area (Å²) in [5.41, 5.74) is 1.44. The molecule has 0 saturated carbocycles. The molecular weight excluding hydrogens is 276 g/mol. The van der Waals surface area contributed by atoms with Crippen LogP contribution in [0.15, 0.2) is 10.8 Å². The summed E-state index contributed by atoms with van der Waals surface area (Å²) in [5, 5.41) is 3.46. The van der Waals surface area contributed by atoms with E-state index >= 15 is 0 Å². The molecule has 0 fully saturated rings. The van der Waals surface area contributed by atoms with Crippen molar-refractivity contribution in [3.63, 3.8) is 0 Å². The van der Waals surface area contributed by atoms with Crippen molar-refractivity contribution < 1.29 is 9.21 Å². The van der Waals surface area contributed by atoms with Gasteiger partial charge in [0.1, 0.15) is 5.76 Å². The third kappa shape index (κ3) is 2.46. The average molecular weight is 292 g/mol. The molecule has 0 atom stereocenters. The number of nitrogens with zero attached hydrogens (tertiary/aromatic N) is 3. The molecular formula is C13H16N4O2S. The lowest BCUT2D eigenvalue weighted by atomic mass is 10.2. The fourth-order valence-electron chi connectivity index (χ4n) is 2.24. The summed E-state index contributed by atoms with van der Waals surface area (Å²) >= 11 is 1.54. The average Bonchev–Trinajstić information content (AvgIpc) is 3.03. The molecule has 1 aliphatic rings. The molecule has 106 valence electrons. The first-order valence-electron chi connectivity index (χ1n) is 6.58. The van der Waals surface area contributed by atoms with Crippen molar-refractivity contribution in [2.24, 2.45) is 0 Å². The Bertz CT molecular complexity index is 634. The van der Waals surface area contributed by atoms with E-state index in [0.717, 1.165) is 25.2 Å². The van der Waals surface area contributed by atoms with Gasteiger partial charge >= 0.3 is 0 Å². The van der Waals surface area contributed by atoms with Crippen LogP contribution in [0.5, 0.6) is 0 Å². The topological polar surface area (TPSA) is 71.3 Å². The van der Waals surface area contributed by atoms with E-state index < -0.39 is 0 Å². The Balaban J connectivity index is 1.77. The molecule has 20 heavy (non-hydrogen) atoms. The Labute approximate surface area is 120 Å². The van der Waals surface area contributed by atoms with Crippen LogP contribution in [-0.4, -0.2) is 34.4 Å². The number of carbonyl (C=O) groups is 1. The standard InChI is InChI=1S/C13H16N4O2S/c1-3-9-11(14-7-19-9)12(18)16-13-15-8-4-5-17(2)6-10(8)20-13/h7H,3-6H2,1-2H3,(H,15,16,18). The van der Waals surface area contributed by atoms with E-state index in [0.29, 0.717) is 23.0 Å². The zero-order chi connectivity index (χ0) is 14.1. The van der Waals surface area contributed by atoms with E-state index in [4.69, 9.17) is 4.42 Å². The van der Waals surface area contributed by atoms with Gasteiger partial charge in [-0.3, -0.25) is 10.1 Å². The number of aryl methyl sites for hydroxylation is 1. The van der Waals surface area contributed by atoms with Crippen molar-refractivity contribution in [3.05, 3.63) is 28.4 Å². The molecule has 0 radical (unpaired) electrons. The molecule has 0 spiro atoms. The quantitative estimate of drug-likeness (QED) is 0.936. The van der Waals surface area contributed by atoms with E-state index in [1.165, 1.54) is 22.6 Å². The summed E-state index contributed by atoms with van der Waals surface area (Å²) in [7, 11) is 2.09. The fraction of sp³-hybridized carbons (Fsp3) is 0.462. The van der Waals surface area contributed by atoms with Gasteiger partial charge in [-0.15, -0.1) is 11.3 Å². The van der Waals surface area contributed by atoms with Crippen LogP contribution < -0.4 is 5.32 Å². The second kappa shape index (κ2) is 5.34. The van der Waals surface area contributed by atoms with Crippen molar-refractivity contribution in [3.8, 4) is 0 Å². The first-order chi connectivity index (χ1) is 9.67. The van der Waals surface area contributed by atoms with E-state index in [-0.39, 0.29) is 5.91 Å². The number of anilines is 1. The van der Waals surface area contributed by atoms with Gasteiger partial charge in [-0.2, -0.15) is 0 Å². The zero-order valence-electron chi connectivity index (χ0n) is 11.5. The third-order valence-electron chi connectivity index (χ3n) is 3.32. The van der Waals surface area contributed by atoms with Crippen molar-refractivity contribution in [2.45, 2.75) is 26.3 Å². The number of thiazole rings is 1. The molecule has 1 N–H and O–H groups in total. The first kappa shape index (κ1) is 13.3. The summed E-state index contributed by atoms with van der Waals surface area (Å²) in [4.78, 5) is 24.1. The number of hydrogen-bond acceptors (Lipinski definition) is 6. The van der Waals surface area contributed by atoms with Crippen LogP contribution in [-0.2, 0) is 19.4 Å². The van der Waals surface area contributed by atoms with Crippen molar-refractivity contribution in [1.29, 1.82) is 0 Å². The smallest absolute Gasteiger partial charge is 0.279 e. The van der Waals surface area contributed by atoms with E-state index in [1.807, 2.05) is 6.92 Å². The molecule has 2 aromatic rings. The van der Waals surface area contributed by atoms with Crippen LogP contribution in [0.25, 0.3) is 0 Å². The normalized spacial score (nSPS) is 15.1. The summed E-state index contributed by atoms with van der Waals surface area (Å²) in [6.07, 6.45) is 2.87. The maximum Gasteiger partial charge on any atom is 0.279 e. The van der Waals surface area contributed by atoms with Crippen LogP contribution in [0.4, 0.5) is 5.13 Å². The van der Waals surface area contributed by atoms with Crippen molar-refractivity contribution in [2.75, 3.05) is 18.9 Å². The molecule has 1 aliphatic heterocycles. The van der Waals surface area contributed by atoms with Gasteiger partial charge in [-0.05, 0) is 7.05 Å². The number of nitrogens with one attached hydrogen (secondary N) is 1. The van der Waals surface area contributed by atoms with Crippen molar-refractivity contribution in [1.82, 2.24) is 14.9 Å². The Morgan fingerprint density at radius 2 is 2.45 bits per heavy atom. The van der Waals surface area contributed by atoms with Gasteiger partial charge in [0.05, 0.1) is 5.69 Å². The number of oxazole rings is 1. The monoisotopic (exact) mass is 292 g/mol. The molecule has 0 aliphatic carbocycles. The van der Waals surface area contributed by atoms with E-state index in [9.17, 15) is 4.79 Å². The molecule has 3 rings (SSSR count). The van der Waals surface area contributed by atoms with Gasteiger partial charge in [0, 0.05) is 30.8 Å². The predicted octanol–water partition coefficient (Wildman–Crippen LogP) is 1.93. The van der Waals surface area contributed by atoms with Gasteiger partial charge in [0.25, 0.3) is 5.91 Å². The highest BCUT2D eigenvalue weighted by Gasteiger charge is 2.21. The maximum absolute atomic E-state index is 12.2. The minimum atomic E-state index is -0.255. The Kier molecular flexibility index (Phi) is 3.54. The number of hydrogen-bond donors (Lipinski definition) is 1. The highest BCUT2D eigenvalue weighted by molar-refractivity contribution is 7.15. The van der Waals surface area contributed by atoms with Crippen LogP contribution in [0.3, 0.4) is 0 Å². The number of fused-ring (bicyclic) bond motifs is 1. The van der Waals surface area contributed by atoms with Gasteiger partial charge in [0.2, 0.25) is 0 Å². The van der Waals surface area contributed by atoms with Gasteiger partial charge in [0.15, 0.2) is 17.2 Å². The van der Waals surface area contributed by atoms with Crippen LogP contribution in [0, 0.1) is 0 Å². The third-order valence-corrected chi connectivity index (χ3v) is 4.32. The molecule has 7 heteroatoms. The second-order valence-electron chi connectivity index (χ2n) is 4.81. The molecule has 6 nitrogen and oxygen atoms in total.